The van der Waals surface area contributed by atoms with Gasteiger partial charge in [0.1, 0.15) is 0 Å². The van der Waals surface area contributed by atoms with E-state index < -0.39 is 0 Å². The molecular formula is C14H10ClN3S. The first-order valence-electron chi connectivity index (χ1n) is 5.80. The molecule has 1 atom stereocenters. The Morgan fingerprint density at radius 3 is 2.37 bits per heavy atom. The molecule has 1 heterocycles. The van der Waals surface area contributed by atoms with E-state index in [0.717, 1.165) is 11.3 Å². The lowest BCUT2D eigenvalue weighted by molar-refractivity contribution is 0.765. The van der Waals surface area contributed by atoms with Gasteiger partial charge in [0.15, 0.2) is 6.17 Å². The standard InChI is InChI=1S/C14H10ClN3S/c15-11-8-6-10(7-9-11)13-16-17-14(19)18(13)12-4-2-1-3-5-12/h1-9,13H. The minimum absolute atomic E-state index is 0.216. The monoisotopic (exact) mass is 287 g/mol. The number of hydrogen-bond acceptors (Lipinski definition) is 2. The van der Waals surface area contributed by atoms with Gasteiger partial charge < -0.3 is 0 Å². The Hall–Kier alpha value is -1.78. The van der Waals surface area contributed by atoms with Crippen LogP contribution in [0, 0.1) is 0 Å². The fourth-order valence-electron chi connectivity index (χ4n) is 2.00. The Balaban J connectivity index is 1.99. The Bertz CT molecular complexity index is 625. The first-order valence-corrected chi connectivity index (χ1v) is 6.59. The van der Waals surface area contributed by atoms with Crippen LogP contribution in [0.5, 0.6) is 0 Å². The second-order valence-electron chi connectivity index (χ2n) is 4.13. The first kappa shape index (κ1) is 12.3. The predicted molar refractivity (Wildman–Crippen MR) is 80.6 cm³/mol. The Morgan fingerprint density at radius 2 is 1.68 bits per heavy atom. The maximum Gasteiger partial charge on any atom is 0.222 e. The van der Waals surface area contributed by atoms with Gasteiger partial charge in [-0.05, 0) is 42.0 Å². The molecule has 0 saturated carbocycles. The lowest BCUT2D eigenvalue weighted by Crippen LogP contribution is -2.26. The van der Waals surface area contributed by atoms with Gasteiger partial charge in [0.2, 0.25) is 5.11 Å². The SMILES string of the molecule is S=C1N=NC(c2ccc(Cl)cc2)N1c1ccccc1. The Labute approximate surface area is 121 Å². The molecule has 19 heavy (non-hydrogen) atoms. The van der Waals surface area contributed by atoms with Crippen LogP contribution in [-0.2, 0) is 0 Å². The number of anilines is 1. The first-order chi connectivity index (χ1) is 9.25. The van der Waals surface area contributed by atoms with Crippen molar-refractivity contribution in [3.05, 3.63) is 65.2 Å². The van der Waals surface area contributed by atoms with Gasteiger partial charge in [0.25, 0.3) is 0 Å². The summed E-state index contributed by atoms with van der Waals surface area (Å²) in [6, 6.07) is 17.5. The van der Waals surface area contributed by atoms with Crippen molar-refractivity contribution in [2.24, 2.45) is 10.2 Å². The van der Waals surface area contributed by atoms with Crippen molar-refractivity contribution < 1.29 is 0 Å². The summed E-state index contributed by atoms with van der Waals surface area (Å²) in [5, 5.41) is 9.44. The van der Waals surface area contributed by atoms with Crippen molar-refractivity contribution in [3.63, 3.8) is 0 Å². The molecule has 1 aliphatic rings. The van der Waals surface area contributed by atoms with E-state index in [9.17, 15) is 0 Å². The third-order valence-electron chi connectivity index (χ3n) is 2.91. The summed E-state index contributed by atoms with van der Waals surface area (Å²) >= 11 is 11.2. The molecule has 2 aromatic carbocycles. The van der Waals surface area contributed by atoms with E-state index in [1.165, 1.54) is 0 Å². The quantitative estimate of drug-likeness (QED) is 0.755. The van der Waals surface area contributed by atoms with Crippen molar-refractivity contribution in [1.29, 1.82) is 0 Å². The molecular weight excluding hydrogens is 278 g/mol. The van der Waals surface area contributed by atoms with Gasteiger partial charge in [-0.25, -0.2) is 0 Å². The van der Waals surface area contributed by atoms with Gasteiger partial charge >= 0.3 is 0 Å². The van der Waals surface area contributed by atoms with E-state index >= 15 is 0 Å². The fraction of sp³-hybridized carbons (Fsp3) is 0.0714. The normalized spacial score (nSPS) is 18.1. The van der Waals surface area contributed by atoms with Gasteiger partial charge in [-0.1, -0.05) is 41.9 Å². The topological polar surface area (TPSA) is 28.0 Å². The summed E-state index contributed by atoms with van der Waals surface area (Å²) in [5.41, 5.74) is 1.99. The van der Waals surface area contributed by atoms with E-state index in [1.54, 1.807) is 0 Å². The second-order valence-corrected chi connectivity index (χ2v) is 4.93. The third kappa shape index (κ3) is 2.37. The molecule has 0 aromatic heterocycles. The van der Waals surface area contributed by atoms with E-state index in [2.05, 4.69) is 10.2 Å². The summed E-state index contributed by atoms with van der Waals surface area (Å²) in [5.74, 6) is 0. The number of para-hydroxylation sites is 1. The summed E-state index contributed by atoms with van der Waals surface area (Å²) < 4.78 is 0. The molecule has 1 aliphatic heterocycles. The van der Waals surface area contributed by atoms with Gasteiger partial charge in [-0.3, -0.25) is 4.90 Å². The van der Waals surface area contributed by atoms with E-state index in [1.807, 2.05) is 59.5 Å². The van der Waals surface area contributed by atoms with Gasteiger partial charge in [0, 0.05) is 10.7 Å². The molecule has 0 N–H and O–H groups in total. The molecule has 0 bridgehead atoms. The Morgan fingerprint density at radius 1 is 1.00 bits per heavy atom. The predicted octanol–water partition coefficient (Wildman–Crippen LogP) is 4.60. The molecule has 0 fully saturated rings. The molecule has 94 valence electrons. The highest BCUT2D eigenvalue weighted by atomic mass is 35.5. The molecule has 0 saturated heterocycles. The minimum Gasteiger partial charge on any atom is -0.287 e. The summed E-state index contributed by atoms with van der Waals surface area (Å²) in [7, 11) is 0. The number of nitrogens with zero attached hydrogens (tertiary/aromatic N) is 3. The fourth-order valence-corrected chi connectivity index (χ4v) is 2.38. The summed E-state index contributed by atoms with van der Waals surface area (Å²) in [6.45, 7) is 0. The highest BCUT2D eigenvalue weighted by molar-refractivity contribution is 7.80. The van der Waals surface area contributed by atoms with Crippen LogP contribution in [-0.4, -0.2) is 5.11 Å². The van der Waals surface area contributed by atoms with Crippen LogP contribution in [0.25, 0.3) is 0 Å². The molecule has 2 aromatic rings. The molecule has 0 aliphatic carbocycles. The minimum atomic E-state index is -0.216. The van der Waals surface area contributed by atoms with Crippen molar-refractivity contribution in [2.45, 2.75) is 6.17 Å². The largest absolute Gasteiger partial charge is 0.287 e. The zero-order chi connectivity index (χ0) is 13.2. The number of benzene rings is 2. The van der Waals surface area contributed by atoms with Gasteiger partial charge in [-0.15, -0.1) is 5.11 Å². The van der Waals surface area contributed by atoms with E-state index in [0.29, 0.717) is 10.1 Å². The average Bonchev–Trinajstić information content (AvgIpc) is 2.82. The maximum atomic E-state index is 5.91. The van der Waals surface area contributed by atoms with Crippen LogP contribution in [0.4, 0.5) is 5.69 Å². The summed E-state index contributed by atoms with van der Waals surface area (Å²) in [4.78, 5) is 1.93. The molecule has 1 unspecified atom stereocenters. The number of thiocarbonyl (C=S) groups is 1. The van der Waals surface area contributed by atoms with Crippen molar-refractivity contribution >= 4 is 34.6 Å². The maximum absolute atomic E-state index is 5.91. The number of rotatable bonds is 2. The van der Waals surface area contributed by atoms with Crippen molar-refractivity contribution in [2.75, 3.05) is 4.90 Å². The molecule has 3 rings (SSSR count). The third-order valence-corrected chi connectivity index (χ3v) is 3.44. The van der Waals surface area contributed by atoms with Crippen molar-refractivity contribution in [1.82, 2.24) is 0 Å². The number of halogens is 1. The van der Waals surface area contributed by atoms with E-state index in [-0.39, 0.29) is 6.17 Å². The van der Waals surface area contributed by atoms with Crippen molar-refractivity contribution in [3.8, 4) is 0 Å². The molecule has 0 amide bonds. The molecule has 5 heteroatoms. The van der Waals surface area contributed by atoms with Crippen LogP contribution >= 0.6 is 23.8 Å². The average molecular weight is 288 g/mol. The molecule has 3 nitrogen and oxygen atoms in total. The zero-order valence-corrected chi connectivity index (χ0v) is 11.5. The van der Waals surface area contributed by atoms with Crippen LogP contribution in [0.2, 0.25) is 5.02 Å². The summed E-state index contributed by atoms with van der Waals surface area (Å²) in [6.07, 6.45) is -0.216. The molecule has 0 radical (unpaired) electrons. The lowest BCUT2D eigenvalue weighted by atomic mass is 10.1. The van der Waals surface area contributed by atoms with Crippen LogP contribution in [0.3, 0.4) is 0 Å². The highest BCUT2D eigenvalue weighted by Gasteiger charge is 2.29. The van der Waals surface area contributed by atoms with Crippen LogP contribution in [0.15, 0.2) is 64.8 Å². The zero-order valence-electron chi connectivity index (χ0n) is 9.90. The lowest BCUT2D eigenvalue weighted by Gasteiger charge is -2.23. The van der Waals surface area contributed by atoms with Gasteiger partial charge in [-0.2, -0.15) is 5.11 Å². The Kier molecular flexibility index (Phi) is 3.27. The number of azo groups is 1. The van der Waals surface area contributed by atoms with Crippen LogP contribution in [0.1, 0.15) is 11.7 Å². The highest BCUT2D eigenvalue weighted by Crippen LogP contribution is 2.33. The van der Waals surface area contributed by atoms with Gasteiger partial charge in [0.05, 0.1) is 0 Å². The van der Waals surface area contributed by atoms with Crippen LogP contribution < -0.4 is 4.90 Å². The molecule has 0 spiro atoms. The smallest absolute Gasteiger partial charge is 0.222 e. The van der Waals surface area contributed by atoms with E-state index in [4.69, 9.17) is 23.8 Å². The second kappa shape index (κ2) is 5.07. The number of hydrogen-bond donors (Lipinski definition) is 0.